The van der Waals surface area contributed by atoms with Gasteiger partial charge in [-0.2, -0.15) is 13.2 Å². The number of aryl methyl sites for hydroxylation is 7. The van der Waals surface area contributed by atoms with Crippen LogP contribution in [-0.4, -0.2) is 161 Å². The Kier molecular flexibility index (Phi) is 25.6. The summed E-state index contributed by atoms with van der Waals surface area (Å²) in [7, 11) is 2.17. The van der Waals surface area contributed by atoms with E-state index in [1.807, 2.05) is 118 Å². The first-order chi connectivity index (χ1) is 65.7. The van der Waals surface area contributed by atoms with Crippen LogP contribution in [0.3, 0.4) is 0 Å². The van der Waals surface area contributed by atoms with Crippen LogP contribution in [0.4, 0.5) is 73.6 Å². The Morgan fingerprint density at radius 3 is 1.10 bits per heavy atom. The Balaban J connectivity index is 0.000000119. The highest BCUT2D eigenvalue weighted by Crippen LogP contribution is 2.44. The lowest BCUT2D eigenvalue weighted by Crippen LogP contribution is -2.44. The van der Waals surface area contributed by atoms with Crippen molar-refractivity contribution in [2.45, 2.75) is 67.6 Å². The van der Waals surface area contributed by atoms with Crippen LogP contribution in [0.15, 0.2) is 220 Å². The molecular formula is C96H81F10N31. The molecule has 0 spiro atoms. The van der Waals surface area contributed by atoms with Gasteiger partial charge >= 0.3 is 6.18 Å². The molecule has 20 aromatic rings. The van der Waals surface area contributed by atoms with Crippen LogP contribution in [-0.2, 0) is 12.7 Å². The molecule has 21 rings (SSSR count). The van der Waals surface area contributed by atoms with Crippen molar-refractivity contribution in [1.82, 2.24) is 127 Å². The highest BCUT2D eigenvalue weighted by atomic mass is 19.4. The Morgan fingerprint density at radius 1 is 0.336 bits per heavy atom. The summed E-state index contributed by atoms with van der Waals surface area (Å²) in [6.07, 6.45) is 1.69. The SMILES string of the molecule is Cc1cc(-c2c(-c3ccc(F)cc3F)nc(N)n3cnnc23)cc(C(F)(F)F)n1.Cc1cc(-c2c(-c3ccc(F)cc3F)nc(N)n3cnnc23)cc(C(F)F)n1.Cc1cc(-c2c(-c3ccccc3)nc(N)n3ccnc23)cc(C)n1.Cc1cc(-c2c(-c3ccccc3)nc(N)n3cnnc23)cc(CN2CCN(C)CC2)n1.Cc1cc(-c2c(-c3ccccc3F)nc(N)n3cnnc23)cc(C)n1. The number of anilines is 5. The van der Waals surface area contributed by atoms with E-state index in [1.165, 1.54) is 59.0 Å². The number of imidazole rings is 1. The number of aromatic nitrogens is 24. The average molecular weight is 1860 g/mol. The third-order valence-corrected chi connectivity index (χ3v) is 22.1. The third-order valence-electron chi connectivity index (χ3n) is 22.1. The predicted octanol–water partition coefficient (Wildman–Crippen LogP) is 17.3. The minimum Gasteiger partial charge on any atom is -0.369 e. The molecule has 0 unspecified atom stereocenters. The predicted molar refractivity (Wildman–Crippen MR) is 497 cm³/mol. The number of nitrogen functional groups attached to an aromatic ring is 5. The Labute approximate surface area is 772 Å². The van der Waals surface area contributed by atoms with E-state index in [0.717, 1.165) is 147 Å². The summed E-state index contributed by atoms with van der Waals surface area (Å²) in [5.74, 6) is -2.95. The molecule has 1 saturated heterocycles. The summed E-state index contributed by atoms with van der Waals surface area (Å²) in [4.78, 5) is 52.5. The van der Waals surface area contributed by atoms with E-state index in [1.54, 1.807) is 52.5 Å². The number of pyridine rings is 5. The number of halogens is 10. The van der Waals surface area contributed by atoms with Crippen molar-refractivity contribution in [2.24, 2.45) is 0 Å². The largest absolute Gasteiger partial charge is 0.433 e. The van der Waals surface area contributed by atoms with Crippen LogP contribution < -0.4 is 28.7 Å². The van der Waals surface area contributed by atoms with Crippen molar-refractivity contribution < 1.29 is 43.9 Å². The minimum atomic E-state index is -4.70. The summed E-state index contributed by atoms with van der Waals surface area (Å²) in [5, 5.41) is 32.0. The van der Waals surface area contributed by atoms with E-state index in [9.17, 15) is 43.9 Å². The second-order valence-corrected chi connectivity index (χ2v) is 32.1. The quantitative estimate of drug-likeness (QED) is 0.0669. The number of nitrogens with zero attached hydrogens (tertiary/aromatic N) is 26. The number of fused-ring (bicyclic) bond motifs is 5. The number of benzene rings is 5. The highest BCUT2D eigenvalue weighted by Gasteiger charge is 2.35. The molecule has 0 atom stereocenters. The molecule has 0 aliphatic carbocycles. The summed E-state index contributed by atoms with van der Waals surface area (Å²) in [5.41, 5.74) is 47.2. The standard InChI is InChI=1S/C23H26N8.C19H17N5.C18H11F5N6.C18H12F4N6.C18H15FN6/c1-16-12-18(13-19(26-16)14-30-10-8-29(2)9-11-30)20-21(17-6-4-3-5-7-17)27-23(24)31-15-25-28-22(20)31;1-12-10-15(11-13(2)22-12)16-17(14-6-4-3-5-7-14)23-19(20)24-9-8-21-18(16)24;1-8-4-9(5-13(26-8)18(21,22)23)14-15(11-3-2-10(19)6-12(11)20)27-17(24)29-7-25-28-16(14)29;1-8-4-9(5-13(25-8)16(21)22)14-15(11-3-2-10(19)6-12(11)20)26-18(23)28-7-24-27-17(14)28;1-10-7-12(8-11(2)22-10)15-16(13-5-3-4-6-14(13)19)23-18(20)25-9-21-24-17(15)25/h3-7,12-13,15H,8-11,14H2,1-2H3,(H2,24,27);3-11H,1-2H3,(H2,20,23);2-7H,1H3,(H2,24,27);2-7,16H,1H3,(H2,23,26);3-9H,1-2H3,(H2,20,23). The second-order valence-electron chi connectivity index (χ2n) is 32.1. The zero-order chi connectivity index (χ0) is 96.5. The smallest absolute Gasteiger partial charge is 0.369 e. The first-order valence-corrected chi connectivity index (χ1v) is 42.3. The molecule has 0 bridgehead atoms. The summed E-state index contributed by atoms with van der Waals surface area (Å²) < 4.78 is 144. The first-order valence-electron chi connectivity index (χ1n) is 42.3. The lowest BCUT2D eigenvalue weighted by Gasteiger charge is -2.32. The average Bonchev–Trinajstić information content (AvgIpc) is 1.73. The minimum absolute atomic E-state index is 0.0290. The number of piperazine rings is 1. The molecule has 31 nitrogen and oxygen atoms in total. The van der Waals surface area contributed by atoms with E-state index in [-0.39, 0.29) is 85.4 Å². The Bertz CT molecular complexity index is 7910. The number of alkyl halides is 5. The van der Waals surface area contributed by atoms with Gasteiger partial charge in [0.1, 0.15) is 71.4 Å². The second kappa shape index (κ2) is 38.2. The molecule has 1 fully saturated rings. The van der Waals surface area contributed by atoms with E-state index in [4.69, 9.17) is 38.6 Å². The zero-order valence-corrected chi connectivity index (χ0v) is 74.2. The molecule has 1 aliphatic rings. The molecule has 10 N–H and O–H groups in total. The van der Waals surface area contributed by atoms with Crippen molar-refractivity contribution in [3.63, 3.8) is 0 Å². The van der Waals surface area contributed by atoms with Gasteiger partial charge in [-0.05, 0) is 180 Å². The van der Waals surface area contributed by atoms with Gasteiger partial charge in [0.2, 0.25) is 29.7 Å². The van der Waals surface area contributed by atoms with Gasteiger partial charge in [0.05, 0.1) is 62.0 Å². The van der Waals surface area contributed by atoms with Crippen LogP contribution in [0, 0.1) is 77.6 Å². The molecule has 41 heteroatoms. The molecule has 0 amide bonds. The van der Waals surface area contributed by atoms with Crippen molar-refractivity contribution in [1.29, 1.82) is 0 Å². The molecule has 0 saturated carbocycles. The van der Waals surface area contributed by atoms with Gasteiger partial charge in [0.15, 0.2) is 22.6 Å². The first kappa shape index (κ1) is 91.8. The molecule has 1 aliphatic heterocycles. The zero-order valence-electron chi connectivity index (χ0n) is 74.2. The number of hydrogen-bond acceptors (Lipinski definition) is 26. The van der Waals surface area contributed by atoms with Crippen LogP contribution in [0.5, 0.6) is 0 Å². The number of rotatable bonds is 13. The van der Waals surface area contributed by atoms with Gasteiger partial charge in [-0.15, -0.1) is 40.8 Å². The van der Waals surface area contributed by atoms with Crippen LogP contribution in [0.2, 0.25) is 0 Å². The van der Waals surface area contributed by atoms with Gasteiger partial charge in [-0.3, -0.25) is 46.8 Å². The van der Waals surface area contributed by atoms with Gasteiger partial charge < -0.3 is 33.6 Å². The van der Waals surface area contributed by atoms with Gasteiger partial charge in [0.25, 0.3) is 6.43 Å². The molecule has 5 aromatic carbocycles. The lowest BCUT2D eigenvalue weighted by molar-refractivity contribution is -0.141. The van der Waals surface area contributed by atoms with Crippen LogP contribution in [0.25, 0.3) is 140 Å². The molecule has 16 heterocycles. The molecular weight excluding hydrogens is 1780 g/mol. The summed E-state index contributed by atoms with van der Waals surface area (Å²) in [6.45, 7) is 17.9. The maximum Gasteiger partial charge on any atom is 0.433 e. The van der Waals surface area contributed by atoms with Crippen LogP contribution >= 0.6 is 0 Å². The van der Waals surface area contributed by atoms with Crippen molar-refractivity contribution in [3.8, 4) is 112 Å². The van der Waals surface area contributed by atoms with Gasteiger partial charge in [-0.1, -0.05) is 72.8 Å². The van der Waals surface area contributed by atoms with E-state index in [0.29, 0.717) is 57.8 Å². The maximum absolute atomic E-state index is 14.5. The van der Waals surface area contributed by atoms with Crippen molar-refractivity contribution in [3.05, 3.63) is 306 Å². The van der Waals surface area contributed by atoms with E-state index in [2.05, 4.69) is 127 Å². The number of likely N-dealkylation sites (N-methyl/N-ethyl adjacent to an activating group) is 1. The molecule has 690 valence electrons. The summed E-state index contributed by atoms with van der Waals surface area (Å²) in [6, 6.07) is 49.4. The monoisotopic (exact) mass is 1860 g/mol. The molecule has 15 aromatic heterocycles. The Hall–Kier alpha value is -17.1. The number of hydrogen-bond donors (Lipinski definition) is 5. The van der Waals surface area contributed by atoms with Gasteiger partial charge in [0, 0.05) is 125 Å². The van der Waals surface area contributed by atoms with E-state index < -0.39 is 47.3 Å². The molecule has 0 radical (unpaired) electrons. The van der Waals surface area contributed by atoms with Gasteiger partial charge in [-0.25, -0.2) is 65.6 Å². The van der Waals surface area contributed by atoms with Crippen LogP contribution in [0.1, 0.15) is 63.4 Å². The fourth-order valence-electron chi connectivity index (χ4n) is 16.2. The number of nitrogens with two attached hydrogens (primary N) is 5. The lowest BCUT2D eigenvalue weighted by atomic mass is 9.99. The molecule has 137 heavy (non-hydrogen) atoms. The normalized spacial score (nSPS) is 12.4. The third kappa shape index (κ3) is 19.3. The Morgan fingerprint density at radius 2 is 0.686 bits per heavy atom. The summed E-state index contributed by atoms with van der Waals surface area (Å²) >= 11 is 0. The fourth-order valence-corrected chi connectivity index (χ4v) is 16.2. The van der Waals surface area contributed by atoms with Crippen molar-refractivity contribution in [2.75, 3.05) is 61.9 Å². The topological polar surface area (TPSA) is 404 Å². The van der Waals surface area contributed by atoms with E-state index >= 15 is 0 Å². The fraction of sp³-hybridized carbons (Fsp3) is 0.156. The van der Waals surface area contributed by atoms with Crippen molar-refractivity contribution >= 4 is 58.0 Å². The highest BCUT2D eigenvalue weighted by molar-refractivity contribution is 5.96. The maximum atomic E-state index is 14.5.